The SMILES string of the molecule is NNCC(CO)C(F)(F)F. The highest BCUT2D eigenvalue weighted by Crippen LogP contribution is 2.24. The number of nitrogens with two attached hydrogens (primary N) is 1. The van der Waals surface area contributed by atoms with Crippen LogP contribution in [0.5, 0.6) is 0 Å². The highest BCUT2D eigenvalue weighted by atomic mass is 19.4. The van der Waals surface area contributed by atoms with E-state index in [1.54, 1.807) is 0 Å². The molecule has 0 spiro atoms. The fraction of sp³-hybridized carbons (Fsp3) is 1.00. The lowest BCUT2D eigenvalue weighted by Gasteiger charge is -2.16. The topological polar surface area (TPSA) is 58.3 Å². The van der Waals surface area contributed by atoms with Gasteiger partial charge in [-0.05, 0) is 0 Å². The molecule has 0 aliphatic rings. The number of nitrogens with one attached hydrogen (secondary N) is 1. The highest BCUT2D eigenvalue weighted by Gasteiger charge is 2.38. The molecule has 0 saturated carbocycles. The number of hydrogen-bond donors (Lipinski definition) is 3. The van der Waals surface area contributed by atoms with Gasteiger partial charge >= 0.3 is 6.18 Å². The Labute approximate surface area is 56.0 Å². The number of hydrazine groups is 1. The van der Waals surface area contributed by atoms with E-state index in [9.17, 15) is 13.2 Å². The Kier molecular flexibility index (Phi) is 3.62. The van der Waals surface area contributed by atoms with Crippen LogP contribution in [0.25, 0.3) is 0 Å². The normalized spacial score (nSPS) is 15.3. The van der Waals surface area contributed by atoms with Crippen molar-refractivity contribution in [3.05, 3.63) is 0 Å². The minimum Gasteiger partial charge on any atom is -0.396 e. The predicted molar refractivity (Wildman–Crippen MR) is 28.8 cm³/mol. The molecule has 0 aliphatic heterocycles. The van der Waals surface area contributed by atoms with E-state index in [-0.39, 0.29) is 0 Å². The van der Waals surface area contributed by atoms with E-state index in [0.717, 1.165) is 0 Å². The number of hydrogen-bond acceptors (Lipinski definition) is 3. The molecule has 4 N–H and O–H groups in total. The molecule has 10 heavy (non-hydrogen) atoms. The summed E-state index contributed by atoms with van der Waals surface area (Å²) in [6.07, 6.45) is -4.37. The van der Waals surface area contributed by atoms with Crippen molar-refractivity contribution in [3.8, 4) is 0 Å². The van der Waals surface area contributed by atoms with Gasteiger partial charge in [0.05, 0.1) is 12.5 Å². The molecule has 1 unspecified atom stereocenters. The molecule has 3 nitrogen and oxygen atoms in total. The number of rotatable bonds is 3. The minimum absolute atomic E-state index is 0.458. The summed E-state index contributed by atoms with van der Waals surface area (Å²) in [7, 11) is 0. The van der Waals surface area contributed by atoms with Gasteiger partial charge in [0.2, 0.25) is 0 Å². The summed E-state index contributed by atoms with van der Waals surface area (Å²) in [5.41, 5.74) is 1.85. The standard InChI is InChI=1S/C4H9F3N2O/c5-4(6,7)3(2-10)1-9-8/h3,9-10H,1-2,8H2. The fourth-order valence-electron chi connectivity index (χ4n) is 0.426. The van der Waals surface area contributed by atoms with E-state index in [2.05, 4.69) is 5.84 Å². The van der Waals surface area contributed by atoms with Crippen molar-refractivity contribution in [1.82, 2.24) is 5.43 Å². The van der Waals surface area contributed by atoms with E-state index in [0.29, 0.717) is 0 Å². The molecule has 6 heteroatoms. The van der Waals surface area contributed by atoms with E-state index in [1.807, 2.05) is 5.43 Å². The molecule has 1 atom stereocenters. The number of aliphatic hydroxyl groups is 1. The lowest BCUT2D eigenvalue weighted by atomic mass is 10.1. The van der Waals surface area contributed by atoms with Gasteiger partial charge in [0.15, 0.2) is 0 Å². The second kappa shape index (κ2) is 3.75. The largest absolute Gasteiger partial charge is 0.396 e. The fourth-order valence-corrected chi connectivity index (χ4v) is 0.426. The maximum Gasteiger partial charge on any atom is 0.395 e. The van der Waals surface area contributed by atoms with Gasteiger partial charge in [-0.2, -0.15) is 13.2 Å². The van der Waals surface area contributed by atoms with E-state index in [4.69, 9.17) is 5.11 Å². The lowest BCUT2D eigenvalue weighted by molar-refractivity contribution is -0.182. The molecule has 0 amide bonds. The Morgan fingerprint density at radius 2 is 2.00 bits per heavy atom. The third-order valence-electron chi connectivity index (χ3n) is 1.05. The van der Waals surface area contributed by atoms with Crippen molar-refractivity contribution in [2.45, 2.75) is 6.18 Å². The van der Waals surface area contributed by atoms with Crippen LogP contribution in [-0.2, 0) is 0 Å². The molecule has 0 aromatic rings. The summed E-state index contributed by atoms with van der Waals surface area (Å²) >= 11 is 0. The Balaban J connectivity index is 3.81. The van der Waals surface area contributed by atoms with Crippen LogP contribution in [0.1, 0.15) is 0 Å². The Hall–Kier alpha value is -0.330. The molecule has 0 aliphatic carbocycles. The van der Waals surface area contributed by atoms with Gasteiger partial charge < -0.3 is 5.11 Å². The molecule has 0 rings (SSSR count). The number of alkyl halides is 3. The average Bonchev–Trinajstić information content (AvgIpc) is 1.80. The molecular formula is C4H9F3N2O. The summed E-state index contributed by atoms with van der Waals surface area (Å²) in [6.45, 7) is -1.40. The van der Waals surface area contributed by atoms with E-state index in [1.165, 1.54) is 0 Å². The molecule has 0 radical (unpaired) electrons. The number of halogens is 3. The second-order valence-electron chi connectivity index (χ2n) is 1.83. The maximum absolute atomic E-state index is 11.7. The first kappa shape index (κ1) is 9.67. The van der Waals surface area contributed by atoms with Crippen molar-refractivity contribution in [3.63, 3.8) is 0 Å². The van der Waals surface area contributed by atoms with Gasteiger partial charge in [-0.25, -0.2) is 0 Å². The first-order chi connectivity index (χ1) is 4.52. The van der Waals surface area contributed by atoms with Crippen LogP contribution < -0.4 is 11.3 Å². The average molecular weight is 158 g/mol. The van der Waals surface area contributed by atoms with Gasteiger partial charge in [0, 0.05) is 6.54 Å². The first-order valence-electron chi connectivity index (χ1n) is 2.63. The van der Waals surface area contributed by atoms with Crippen LogP contribution in [-0.4, -0.2) is 24.4 Å². The quantitative estimate of drug-likeness (QED) is 0.387. The van der Waals surface area contributed by atoms with Crippen molar-refractivity contribution in [2.24, 2.45) is 11.8 Å². The highest BCUT2D eigenvalue weighted by molar-refractivity contribution is 4.67. The molecule has 0 bridgehead atoms. The van der Waals surface area contributed by atoms with Gasteiger partial charge in [0.1, 0.15) is 0 Å². The van der Waals surface area contributed by atoms with Gasteiger partial charge in [-0.1, -0.05) is 0 Å². The zero-order chi connectivity index (χ0) is 8.20. The Morgan fingerprint density at radius 1 is 1.50 bits per heavy atom. The summed E-state index contributed by atoms with van der Waals surface area (Å²) in [6, 6.07) is 0. The smallest absolute Gasteiger partial charge is 0.395 e. The monoisotopic (exact) mass is 158 g/mol. The second-order valence-corrected chi connectivity index (χ2v) is 1.83. The number of aliphatic hydroxyl groups excluding tert-OH is 1. The predicted octanol–water partition coefficient (Wildman–Crippen LogP) is -0.379. The third-order valence-corrected chi connectivity index (χ3v) is 1.05. The summed E-state index contributed by atoms with van der Waals surface area (Å²) in [4.78, 5) is 0. The van der Waals surface area contributed by atoms with Crippen LogP contribution in [0, 0.1) is 5.92 Å². The van der Waals surface area contributed by atoms with Gasteiger partial charge in [-0.15, -0.1) is 0 Å². The molecule has 0 heterocycles. The molecule has 0 fully saturated rings. The molecule has 62 valence electrons. The molecule has 0 saturated heterocycles. The summed E-state index contributed by atoms with van der Waals surface area (Å²) < 4.78 is 35.0. The van der Waals surface area contributed by atoms with Crippen LogP contribution in [0.15, 0.2) is 0 Å². The summed E-state index contributed by atoms with van der Waals surface area (Å²) in [5, 5.41) is 8.18. The first-order valence-corrected chi connectivity index (χ1v) is 2.63. The Morgan fingerprint density at radius 3 is 2.10 bits per heavy atom. The van der Waals surface area contributed by atoms with Crippen molar-refractivity contribution in [1.29, 1.82) is 0 Å². The zero-order valence-electron chi connectivity index (χ0n) is 5.15. The van der Waals surface area contributed by atoms with Gasteiger partial charge in [-0.3, -0.25) is 11.3 Å². The zero-order valence-corrected chi connectivity index (χ0v) is 5.15. The van der Waals surface area contributed by atoms with Crippen LogP contribution >= 0.6 is 0 Å². The minimum atomic E-state index is -4.37. The third kappa shape index (κ3) is 3.00. The van der Waals surface area contributed by atoms with Crippen molar-refractivity contribution >= 4 is 0 Å². The summed E-state index contributed by atoms with van der Waals surface area (Å²) in [5.74, 6) is 2.87. The molecule has 0 aromatic carbocycles. The van der Waals surface area contributed by atoms with E-state index >= 15 is 0 Å². The molecule has 0 aromatic heterocycles. The van der Waals surface area contributed by atoms with E-state index < -0.39 is 25.2 Å². The van der Waals surface area contributed by atoms with Crippen LogP contribution in [0.3, 0.4) is 0 Å². The molecular weight excluding hydrogens is 149 g/mol. The van der Waals surface area contributed by atoms with Gasteiger partial charge in [0.25, 0.3) is 0 Å². The van der Waals surface area contributed by atoms with Crippen LogP contribution in [0.2, 0.25) is 0 Å². The van der Waals surface area contributed by atoms with Crippen LogP contribution in [0.4, 0.5) is 13.2 Å². The lowest BCUT2D eigenvalue weighted by Crippen LogP contribution is -2.38. The Bertz CT molecular complexity index is 95.0. The van der Waals surface area contributed by atoms with Crippen molar-refractivity contribution in [2.75, 3.05) is 13.2 Å². The maximum atomic E-state index is 11.7. The van der Waals surface area contributed by atoms with Crippen molar-refractivity contribution < 1.29 is 18.3 Å².